The molecule has 29 heavy (non-hydrogen) atoms. The minimum Gasteiger partial charge on any atom is -0.480 e. The molecule has 0 aliphatic rings. The second-order valence-corrected chi connectivity index (χ2v) is 6.79. The fraction of sp³-hybridized carbons (Fsp3) is 0.200. The van der Waals surface area contributed by atoms with E-state index in [1.807, 2.05) is 0 Å². The predicted octanol–water partition coefficient (Wildman–Crippen LogP) is 4.78. The predicted molar refractivity (Wildman–Crippen MR) is 100 cm³/mol. The number of rotatable bonds is 5. The standard InChI is InChI=1S/C20H15ClF3NO4/c1-29-19(28)12-3-5-17-13(6-12)8-15(25(17)10-18(26)27)7-11-2-4-14(21)9-16(11)20(22,23)24/h2-6,8-9H,7,10H2,1H3,(H,26,27). The van der Waals surface area contributed by atoms with Crippen molar-refractivity contribution in [2.24, 2.45) is 0 Å². The molecule has 9 heteroatoms. The lowest BCUT2D eigenvalue weighted by Gasteiger charge is -2.14. The Morgan fingerprint density at radius 3 is 2.48 bits per heavy atom. The average Bonchev–Trinajstić information content (AvgIpc) is 2.97. The van der Waals surface area contributed by atoms with Crippen LogP contribution in [0.1, 0.15) is 27.2 Å². The Bertz CT molecular complexity index is 1110. The number of hydrogen-bond donors (Lipinski definition) is 1. The van der Waals surface area contributed by atoms with Gasteiger partial charge >= 0.3 is 18.1 Å². The van der Waals surface area contributed by atoms with Gasteiger partial charge in [0.25, 0.3) is 0 Å². The molecule has 0 spiro atoms. The van der Waals surface area contributed by atoms with Crippen LogP contribution in [0.3, 0.4) is 0 Å². The molecular weight excluding hydrogens is 411 g/mol. The number of methoxy groups -OCH3 is 1. The first kappa shape index (κ1) is 20.7. The molecule has 0 bridgehead atoms. The highest BCUT2D eigenvalue weighted by atomic mass is 35.5. The van der Waals surface area contributed by atoms with E-state index in [-0.39, 0.29) is 22.6 Å². The normalized spacial score (nSPS) is 11.6. The first-order valence-electron chi connectivity index (χ1n) is 8.38. The number of ether oxygens (including phenoxy) is 1. The van der Waals surface area contributed by atoms with Crippen molar-refractivity contribution in [3.63, 3.8) is 0 Å². The topological polar surface area (TPSA) is 68.5 Å². The number of esters is 1. The summed E-state index contributed by atoms with van der Waals surface area (Å²) < 4.78 is 46.3. The Hall–Kier alpha value is -3.00. The van der Waals surface area contributed by atoms with Crippen LogP contribution in [0.5, 0.6) is 0 Å². The SMILES string of the molecule is COC(=O)c1ccc2c(c1)cc(Cc1ccc(Cl)cc1C(F)(F)F)n2CC(=O)O. The van der Waals surface area contributed by atoms with Crippen molar-refractivity contribution >= 4 is 34.4 Å². The van der Waals surface area contributed by atoms with Crippen molar-refractivity contribution in [1.82, 2.24) is 4.57 Å². The van der Waals surface area contributed by atoms with Crippen molar-refractivity contribution in [3.8, 4) is 0 Å². The van der Waals surface area contributed by atoms with E-state index in [9.17, 15) is 27.9 Å². The van der Waals surface area contributed by atoms with E-state index in [2.05, 4.69) is 4.74 Å². The highest BCUT2D eigenvalue weighted by Gasteiger charge is 2.33. The van der Waals surface area contributed by atoms with Crippen LogP contribution in [0.4, 0.5) is 13.2 Å². The number of carbonyl (C=O) groups excluding carboxylic acids is 1. The summed E-state index contributed by atoms with van der Waals surface area (Å²) >= 11 is 5.72. The van der Waals surface area contributed by atoms with Gasteiger partial charge in [0, 0.05) is 28.0 Å². The van der Waals surface area contributed by atoms with Crippen molar-refractivity contribution in [2.75, 3.05) is 7.11 Å². The van der Waals surface area contributed by atoms with Crippen LogP contribution in [-0.2, 0) is 28.7 Å². The number of hydrogen-bond acceptors (Lipinski definition) is 3. The van der Waals surface area contributed by atoms with E-state index in [1.54, 1.807) is 12.1 Å². The molecule has 0 aliphatic heterocycles. The number of halogens is 4. The zero-order valence-corrected chi connectivity index (χ0v) is 15.8. The molecule has 3 aromatic rings. The molecule has 1 heterocycles. The van der Waals surface area contributed by atoms with Gasteiger partial charge in [-0.1, -0.05) is 17.7 Å². The molecule has 0 fully saturated rings. The summed E-state index contributed by atoms with van der Waals surface area (Å²) in [5.74, 6) is -1.72. The molecule has 1 aromatic heterocycles. The number of benzene rings is 2. The number of carbonyl (C=O) groups is 2. The largest absolute Gasteiger partial charge is 0.480 e. The lowest BCUT2D eigenvalue weighted by Crippen LogP contribution is -2.14. The van der Waals surface area contributed by atoms with Gasteiger partial charge in [0.2, 0.25) is 0 Å². The van der Waals surface area contributed by atoms with Crippen LogP contribution >= 0.6 is 11.6 Å². The molecule has 0 amide bonds. The molecule has 0 saturated carbocycles. The Kier molecular flexibility index (Phi) is 5.57. The highest BCUT2D eigenvalue weighted by molar-refractivity contribution is 6.30. The van der Waals surface area contributed by atoms with E-state index in [0.717, 1.165) is 6.07 Å². The van der Waals surface area contributed by atoms with Crippen LogP contribution in [0, 0.1) is 0 Å². The number of nitrogens with zero attached hydrogens (tertiary/aromatic N) is 1. The summed E-state index contributed by atoms with van der Waals surface area (Å²) in [5.41, 5.74) is 0.174. The molecular formula is C20H15ClF3NO4. The second-order valence-electron chi connectivity index (χ2n) is 6.36. The summed E-state index contributed by atoms with van der Waals surface area (Å²) in [4.78, 5) is 23.1. The Morgan fingerprint density at radius 1 is 1.14 bits per heavy atom. The van der Waals surface area contributed by atoms with Gasteiger partial charge in [0.1, 0.15) is 6.54 Å². The van der Waals surface area contributed by atoms with E-state index in [0.29, 0.717) is 16.6 Å². The van der Waals surface area contributed by atoms with Gasteiger partial charge in [0.15, 0.2) is 0 Å². The van der Waals surface area contributed by atoms with Gasteiger partial charge in [-0.05, 0) is 42.0 Å². The average molecular weight is 426 g/mol. The van der Waals surface area contributed by atoms with Gasteiger partial charge in [-0.3, -0.25) is 4.79 Å². The second kappa shape index (κ2) is 7.79. The maximum absolute atomic E-state index is 13.4. The summed E-state index contributed by atoms with van der Waals surface area (Å²) in [7, 11) is 1.23. The number of alkyl halides is 3. The summed E-state index contributed by atoms with van der Waals surface area (Å²) in [5, 5.41) is 9.72. The monoisotopic (exact) mass is 425 g/mol. The van der Waals surface area contributed by atoms with Crippen LogP contribution in [0.2, 0.25) is 5.02 Å². The van der Waals surface area contributed by atoms with Gasteiger partial charge < -0.3 is 14.4 Å². The number of carboxylic acids is 1. The first-order valence-corrected chi connectivity index (χ1v) is 8.76. The zero-order chi connectivity index (χ0) is 21.3. The lowest BCUT2D eigenvalue weighted by molar-refractivity contribution is -0.139. The van der Waals surface area contributed by atoms with Crippen molar-refractivity contribution in [1.29, 1.82) is 0 Å². The molecule has 0 aliphatic carbocycles. The van der Waals surface area contributed by atoms with E-state index < -0.39 is 30.2 Å². The van der Waals surface area contributed by atoms with Crippen LogP contribution in [-0.4, -0.2) is 28.7 Å². The summed E-state index contributed by atoms with van der Waals surface area (Å²) in [6, 6.07) is 9.56. The third-order valence-electron chi connectivity index (χ3n) is 4.45. The Labute approximate surface area is 168 Å². The quantitative estimate of drug-likeness (QED) is 0.597. The van der Waals surface area contributed by atoms with Crippen LogP contribution in [0.15, 0.2) is 42.5 Å². The summed E-state index contributed by atoms with van der Waals surface area (Å²) in [6.07, 6.45) is -4.77. The number of fused-ring (bicyclic) bond motifs is 1. The first-order chi connectivity index (χ1) is 13.6. The smallest absolute Gasteiger partial charge is 0.416 e. The van der Waals surface area contributed by atoms with Crippen LogP contribution in [0.25, 0.3) is 10.9 Å². The third-order valence-corrected chi connectivity index (χ3v) is 4.69. The fourth-order valence-electron chi connectivity index (χ4n) is 3.20. The number of aromatic nitrogens is 1. The lowest BCUT2D eigenvalue weighted by atomic mass is 10.0. The fourth-order valence-corrected chi connectivity index (χ4v) is 3.38. The minimum atomic E-state index is -4.61. The van der Waals surface area contributed by atoms with Crippen molar-refractivity contribution in [2.45, 2.75) is 19.1 Å². The van der Waals surface area contributed by atoms with E-state index >= 15 is 0 Å². The van der Waals surface area contributed by atoms with E-state index in [4.69, 9.17) is 11.6 Å². The molecule has 0 atom stereocenters. The Morgan fingerprint density at radius 2 is 1.86 bits per heavy atom. The van der Waals surface area contributed by atoms with E-state index in [1.165, 1.54) is 35.9 Å². The van der Waals surface area contributed by atoms with Crippen molar-refractivity contribution in [3.05, 3.63) is 69.9 Å². The molecule has 5 nitrogen and oxygen atoms in total. The van der Waals surface area contributed by atoms with Gasteiger partial charge in [-0.2, -0.15) is 13.2 Å². The molecule has 2 aromatic carbocycles. The third kappa shape index (κ3) is 4.37. The van der Waals surface area contributed by atoms with Gasteiger partial charge in [-0.25, -0.2) is 4.79 Å². The van der Waals surface area contributed by atoms with Gasteiger partial charge in [0.05, 0.1) is 18.2 Å². The molecule has 1 N–H and O–H groups in total. The van der Waals surface area contributed by atoms with Crippen LogP contribution < -0.4 is 0 Å². The number of carboxylic acid groups (broad SMARTS) is 1. The zero-order valence-electron chi connectivity index (χ0n) is 15.1. The molecule has 3 rings (SSSR count). The molecule has 0 unspecified atom stereocenters. The Balaban J connectivity index is 2.14. The van der Waals surface area contributed by atoms with Crippen molar-refractivity contribution < 1.29 is 32.6 Å². The maximum Gasteiger partial charge on any atom is 0.416 e. The van der Waals surface area contributed by atoms with Gasteiger partial charge in [-0.15, -0.1) is 0 Å². The minimum absolute atomic E-state index is 0.0375. The summed E-state index contributed by atoms with van der Waals surface area (Å²) in [6.45, 7) is -0.439. The number of aliphatic carboxylic acids is 1. The molecule has 0 radical (unpaired) electrons. The maximum atomic E-state index is 13.4. The molecule has 152 valence electrons. The highest BCUT2D eigenvalue weighted by Crippen LogP contribution is 2.35. The molecule has 0 saturated heterocycles.